The minimum Gasteiger partial charge on any atom is -0.462 e. The van der Waals surface area contributed by atoms with E-state index in [0.717, 1.165) is 35.5 Å². The number of nitrogens with one attached hydrogen (secondary N) is 1. The van der Waals surface area contributed by atoms with E-state index in [0.29, 0.717) is 28.2 Å². The van der Waals surface area contributed by atoms with Crippen molar-refractivity contribution in [3.05, 3.63) is 82.2 Å². The summed E-state index contributed by atoms with van der Waals surface area (Å²) < 4.78 is 11.1. The number of nitrogens with zero attached hydrogens (tertiary/aromatic N) is 3. The van der Waals surface area contributed by atoms with Crippen LogP contribution in [0.1, 0.15) is 40.2 Å². The third-order valence-electron chi connectivity index (χ3n) is 6.18. The van der Waals surface area contributed by atoms with Crippen molar-refractivity contribution in [2.24, 2.45) is 0 Å². The maximum Gasteiger partial charge on any atom is 0.341 e. The van der Waals surface area contributed by atoms with Crippen molar-refractivity contribution in [1.82, 2.24) is 15.1 Å². The van der Waals surface area contributed by atoms with E-state index in [1.165, 1.54) is 28.7 Å². The van der Waals surface area contributed by atoms with Crippen molar-refractivity contribution in [3.63, 3.8) is 0 Å². The number of amides is 1. The Bertz CT molecular complexity index is 1400. The number of benzene rings is 2. The molecule has 0 bridgehead atoms. The van der Waals surface area contributed by atoms with E-state index in [9.17, 15) is 9.59 Å². The summed E-state index contributed by atoms with van der Waals surface area (Å²) in [6.07, 6.45) is 0.719. The molecule has 3 heterocycles. The van der Waals surface area contributed by atoms with Gasteiger partial charge in [0.1, 0.15) is 5.00 Å². The van der Waals surface area contributed by atoms with Crippen LogP contribution in [0.25, 0.3) is 11.5 Å². The minimum absolute atomic E-state index is 0.250. The van der Waals surface area contributed by atoms with Crippen molar-refractivity contribution in [2.75, 3.05) is 18.5 Å². The lowest BCUT2D eigenvalue weighted by molar-refractivity contribution is -0.115. The molecule has 0 unspecified atom stereocenters. The maximum atomic E-state index is 13.2. The molecule has 4 aromatic rings. The molecule has 1 amide bonds. The lowest BCUT2D eigenvalue weighted by Gasteiger charge is -2.27. The molecule has 1 aliphatic heterocycles. The fraction of sp³-hybridized carbons (Fsp3) is 0.286. The molecule has 8 nitrogen and oxygen atoms in total. The van der Waals surface area contributed by atoms with Crippen molar-refractivity contribution in [2.45, 2.75) is 43.8 Å². The van der Waals surface area contributed by atoms with Gasteiger partial charge in [-0.3, -0.25) is 9.69 Å². The van der Waals surface area contributed by atoms with Crippen LogP contribution >= 0.6 is 23.1 Å². The van der Waals surface area contributed by atoms with E-state index < -0.39 is 11.2 Å². The van der Waals surface area contributed by atoms with Crippen LogP contribution in [0.15, 0.2) is 70.3 Å². The quantitative estimate of drug-likeness (QED) is 0.212. The molecule has 196 valence electrons. The van der Waals surface area contributed by atoms with E-state index in [1.807, 2.05) is 48.5 Å². The van der Waals surface area contributed by atoms with Gasteiger partial charge in [0.15, 0.2) is 0 Å². The Kier molecular flexibility index (Phi) is 8.21. The molecule has 0 aliphatic carbocycles. The summed E-state index contributed by atoms with van der Waals surface area (Å²) in [5.41, 5.74) is 3.50. The van der Waals surface area contributed by atoms with Gasteiger partial charge in [-0.05, 0) is 43.5 Å². The zero-order chi connectivity index (χ0) is 26.5. The van der Waals surface area contributed by atoms with Gasteiger partial charge in [-0.15, -0.1) is 21.5 Å². The van der Waals surface area contributed by atoms with Gasteiger partial charge < -0.3 is 14.5 Å². The first-order valence-corrected chi connectivity index (χ1v) is 14.2. The van der Waals surface area contributed by atoms with Gasteiger partial charge in [-0.25, -0.2) is 4.79 Å². The number of carbonyl (C=O) groups excluding carboxylic acids is 2. The zero-order valence-electron chi connectivity index (χ0n) is 21.2. The minimum atomic E-state index is -0.525. The molecule has 1 N–H and O–H groups in total. The van der Waals surface area contributed by atoms with E-state index in [-0.39, 0.29) is 12.5 Å². The van der Waals surface area contributed by atoms with Crippen molar-refractivity contribution in [3.8, 4) is 11.5 Å². The van der Waals surface area contributed by atoms with Crippen LogP contribution in [0.4, 0.5) is 5.00 Å². The largest absolute Gasteiger partial charge is 0.462 e. The van der Waals surface area contributed by atoms with Gasteiger partial charge in [0.05, 0.1) is 17.4 Å². The number of ether oxygens (including phenoxy) is 1. The van der Waals surface area contributed by atoms with Gasteiger partial charge in [0, 0.05) is 30.1 Å². The molecule has 2 aromatic heterocycles. The molecule has 0 fully saturated rings. The van der Waals surface area contributed by atoms with E-state index in [1.54, 1.807) is 13.8 Å². The second kappa shape index (κ2) is 11.9. The Morgan fingerprint density at radius 2 is 1.87 bits per heavy atom. The molecular formula is C28H28N4O4S2. The number of carbonyl (C=O) groups is 2. The Hall–Kier alpha value is -3.47. The Labute approximate surface area is 229 Å². The van der Waals surface area contributed by atoms with Gasteiger partial charge in [-0.1, -0.05) is 60.3 Å². The number of rotatable bonds is 9. The molecule has 0 saturated carbocycles. The molecule has 38 heavy (non-hydrogen) atoms. The fourth-order valence-corrected chi connectivity index (χ4v) is 6.28. The highest BCUT2D eigenvalue weighted by atomic mass is 32.2. The van der Waals surface area contributed by atoms with Crippen LogP contribution in [0.5, 0.6) is 0 Å². The smallest absolute Gasteiger partial charge is 0.341 e. The third kappa shape index (κ3) is 5.98. The first-order chi connectivity index (χ1) is 18.5. The predicted molar refractivity (Wildman–Crippen MR) is 148 cm³/mol. The number of aromatic nitrogens is 2. The molecule has 1 aliphatic rings. The Morgan fingerprint density at radius 1 is 1.13 bits per heavy atom. The summed E-state index contributed by atoms with van der Waals surface area (Å²) >= 11 is 2.62. The molecule has 0 saturated heterocycles. The fourth-order valence-electron chi connectivity index (χ4n) is 4.31. The van der Waals surface area contributed by atoms with Gasteiger partial charge in [-0.2, -0.15) is 0 Å². The maximum absolute atomic E-state index is 13.2. The second-order valence-electron chi connectivity index (χ2n) is 8.86. The summed E-state index contributed by atoms with van der Waals surface area (Å²) in [5.74, 6) is -0.252. The van der Waals surface area contributed by atoms with Crippen LogP contribution in [0, 0.1) is 0 Å². The van der Waals surface area contributed by atoms with E-state index in [2.05, 4.69) is 32.5 Å². The number of esters is 1. The second-order valence-corrected chi connectivity index (χ2v) is 11.3. The van der Waals surface area contributed by atoms with Crippen LogP contribution in [0.2, 0.25) is 0 Å². The standard InChI is InChI=1S/C28H28N4O4S2/c1-3-35-27(34)23-21-14-15-32(16-19-10-6-4-7-11-19)17-22(21)38-26(23)29-24(33)18(2)37-28-31-30-25(36-28)20-12-8-5-9-13-20/h4-13,18H,3,14-17H2,1-2H3,(H,29,33)/t18-/m0/s1. The lowest BCUT2D eigenvalue weighted by Crippen LogP contribution is -2.30. The number of fused-ring (bicyclic) bond motifs is 1. The SMILES string of the molecule is CCOC(=O)c1c(NC(=O)[C@H](C)Sc2nnc(-c3ccccc3)o2)sc2c1CCN(Cc1ccccc1)C2. The molecular weight excluding hydrogens is 520 g/mol. The molecule has 10 heteroatoms. The summed E-state index contributed by atoms with van der Waals surface area (Å²) in [7, 11) is 0. The summed E-state index contributed by atoms with van der Waals surface area (Å²) in [6.45, 7) is 6.19. The summed E-state index contributed by atoms with van der Waals surface area (Å²) in [4.78, 5) is 29.5. The molecule has 1 atom stereocenters. The number of thioether (sulfide) groups is 1. The predicted octanol–water partition coefficient (Wildman–Crippen LogP) is 5.65. The van der Waals surface area contributed by atoms with Gasteiger partial charge in [0.2, 0.25) is 11.8 Å². The number of anilines is 1. The highest BCUT2D eigenvalue weighted by Crippen LogP contribution is 2.38. The highest BCUT2D eigenvalue weighted by Gasteiger charge is 2.30. The van der Waals surface area contributed by atoms with Gasteiger partial charge >= 0.3 is 5.97 Å². The molecule has 5 rings (SSSR count). The number of hydrogen-bond donors (Lipinski definition) is 1. The van der Waals surface area contributed by atoms with Crippen LogP contribution in [-0.4, -0.2) is 45.4 Å². The third-order valence-corrected chi connectivity index (χ3v) is 8.24. The topological polar surface area (TPSA) is 97.6 Å². The molecule has 0 radical (unpaired) electrons. The van der Waals surface area contributed by atoms with Crippen molar-refractivity contribution < 1.29 is 18.7 Å². The van der Waals surface area contributed by atoms with Crippen molar-refractivity contribution >= 4 is 40.0 Å². The van der Waals surface area contributed by atoms with Crippen LogP contribution in [-0.2, 0) is 29.0 Å². The Balaban J connectivity index is 1.30. The molecule has 0 spiro atoms. The van der Waals surface area contributed by atoms with Gasteiger partial charge in [0.25, 0.3) is 5.22 Å². The average Bonchev–Trinajstić information content (AvgIpc) is 3.54. The zero-order valence-corrected chi connectivity index (χ0v) is 22.8. The first kappa shape index (κ1) is 26.1. The highest BCUT2D eigenvalue weighted by molar-refractivity contribution is 8.00. The summed E-state index contributed by atoms with van der Waals surface area (Å²) in [5, 5.41) is 11.5. The summed E-state index contributed by atoms with van der Waals surface area (Å²) in [6, 6.07) is 19.8. The number of thiophene rings is 1. The lowest BCUT2D eigenvalue weighted by atomic mass is 10.0. The van der Waals surface area contributed by atoms with E-state index in [4.69, 9.17) is 9.15 Å². The number of hydrogen-bond acceptors (Lipinski definition) is 9. The monoisotopic (exact) mass is 548 g/mol. The van der Waals surface area contributed by atoms with E-state index >= 15 is 0 Å². The first-order valence-electron chi connectivity index (χ1n) is 12.5. The van der Waals surface area contributed by atoms with Crippen LogP contribution in [0.3, 0.4) is 0 Å². The normalized spacial score (nSPS) is 14.1. The Morgan fingerprint density at radius 3 is 2.61 bits per heavy atom. The molecule has 2 aromatic carbocycles. The van der Waals surface area contributed by atoms with Crippen molar-refractivity contribution in [1.29, 1.82) is 0 Å². The van der Waals surface area contributed by atoms with Crippen LogP contribution < -0.4 is 5.32 Å². The average molecular weight is 549 g/mol.